The maximum Gasteiger partial charge on any atom is 0.235 e. The number of benzene rings is 2. The first-order valence-electron chi connectivity index (χ1n) is 10.5. The smallest absolute Gasteiger partial charge is 0.235 e. The Morgan fingerprint density at radius 3 is 2.59 bits per heavy atom. The van der Waals surface area contributed by atoms with E-state index in [0.717, 1.165) is 37.3 Å². The Balaban J connectivity index is 1.78. The van der Waals surface area contributed by atoms with Crippen molar-refractivity contribution in [3.63, 3.8) is 0 Å². The average molecular weight is 436 g/mol. The zero-order valence-corrected chi connectivity index (χ0v) is 18.5. The summed E-state index contributed by atoms with van der Waals surface area (Å²) in [6, 6.07) is 12.8. The van der Waals surface area contributed by atoms with Gasteiger partial charge in [0.05, 0.1) is 59.7 Å². The summed E-state index contributed by atoms with van der Waals surface area (Å²) in [5.74, 6) is 1.54. The Kier molecular flexibility index (Phi) is 6.19. The highest BCUT2D eigenvalue weighted by Gasteiger charge is 2.32. The van der Waals surface area contributed by atoms with E-state index in [2.05, 4.69) is 23.0 Å². The molecule has 166 valence electrons. The topological polar surface area (TPSA) is 91.8 Å². The molecule has 0 amide bonds. The SMILES string of the molecule is COc1ccc([C@@H]2C(C#N)=C(N=CN3CC[NH+](C)CC3)Oc3cc(O)ccc32)cc1OC. The van der Waals surface area contributed by atoms with E-state index in [1.54, 1.807) is 38.8 Å². The van der Waals surface area contributed by atoms with Crippen LogP contribution in [0.2, 0.25) is 0 Å². The van der Waals surface area contributed by atoms with Crippen LogP contribution in [0.4, 0.5) is 0 Å². The number of hydrogen-bond donors (Lipinski definition) is 2. The number of hydrogen-bond acceptors (Lipinski definition) is 6. The van der Waals surface area contributed by atoms with Crippen molar-refractivity contribution in [1.82, 2.24) is 4.90 Å². The van der Waals surface area contributed by atoms with Crippen LogP contribution in [0.5, 0.6) is 23.0 Å². The minimum absolute atomic E-state index is 0.0839. The Labute approximate surface area is 187 Å². The molecule has 0 bridgehead atoms. The van der Waals surface area contributed by atoms with E-state index in [9.17, 15) is 10.4 Å². The molecule has 1 atom stereocenters. The number of methoxy groups -OCH3 is 2. The van der Waals surface area contributed by atoms with Crippen molar-refractivity contribution in [1.29, 1.82) is 5.26 Å². The van der Waals surface area contributed by atoms with Crippen molar-refractivity contribution in [2.24, 2.45) is 4.99 Å². The number of nitrogens with zero attached hydrogens (tertiary/aromatic N) is 3. The molecule has 32 heavy (non-hydrogen) atoms. The molecule has 0 saturated carbocycles. The summed E-state index contributed by atoms with van der Waals surface area (Å²) in [5.41, 5.74) is 2.01. The summed E-state index contributed by atoms with van der Waals surface area (Å²) < 4.78 is 16.8. The van der Waals surface area contributed by atoms with Crippen LogP contribution in [-0.2, 0) is 0 Å². The van der Waals surface area contributed by atoms with Crippen molar-refractivity contribution in [3.05, 3.63) is 59.0 Å². The average Bonchev–Trinajstić information content (AvgIpc) is 2.82. The number of nitriles is 1. The molecule has 0 aliphatic carbocycles. The molecule has 1 saturated heterocycles. The van der Waals surface area contributed by atoms with Crippen molar-refractivity contribution in [2.75, 3.05) is 47.4 Å². The minimum atomic E-state index is -0.423. The van der Waals surface area contributed by atoms with Crippen LogP contribution < -0.4 is 19.1 Å². The van der Waals surface area contributed by atoms with Crippen LogP contribution in [0.25, 0.3) is 0 Å². The molecular formula is C24H27N4O4+. The number of rotatable bonds is 5. The highest BCUT2D eigenvalue weighted by atomic mass is 16.5. The van der Waals surface area contributed by atoms with Gasteiger partial charge in [-0.3, -0.25) is 0 Å². The molecule has 0 radical (unpaired) electrons. The zero-order valence-electron chi connectivity index (χ0n) is 18.5. The van der Waals surface area contributed by atoms with E-state index in [1.165, 1.54) is 4.90 Å². The minimum Gasteiger partial charge on any atom is -0.508 e. The highest BCUT2D eigenvalue weighted by Crippen LogP contribution is 2.45. The molecule has 0 spiro atoms. The van der Waals surface area contributed by atoms with Gasteiger partial charge in [0.25, 0.3) is 0 Å². The van der Waals surface area contributed by atoms with Gasteiger partial charge in [-0.05, 0) is 23.8 Å². The third-order valence-electron chi connectivity index (χ3n) is 5.89. The number of allylic oxidation sites excluding steroid dienone is 1. The van der Waals surface area contributed by atoms with Gasteiger partial charge < -0.3 is 29.1 Å². The van der Waals surface area contributed by atoms with Crippen molar-refractivity contribution < 1.29 is 24.2 Å². The summed E-state index contributed by atoms with van der Waals surface area (Å²) >= 11 is 0. The van der Waals surface area contributed by atoms with Gasteiger partial charge in [-0.15, -0.1) is 0 Å². The van der Waals surface area contributed by atoms with Crippen LogP contribution >= 0.6 is 0 Å². The number of piperazine rings is 1. The normalized spacial score (nSPS) is 18.8. The molecule has 2 aliphatic heterocycles. The molecule has 8 nitrogen and oxygen atoms in total. The van der Waals surface area contributed by atoms with Crippen LogP contribution in [0.3, 0.4) is 0 Å². The van der Waals surface area contributed by atoms with E-state index in [4.69, 9.17) is 14.2 Å². The Morgan fingerprint density at radius 2 is 1.91 bits per heavy atom. The number of aromatic hydroxyl groups is 1. The van der Waals surface area contributed by atoms with Gasteiger partial charge in [-0.1, -0.05) is 12.1 Å². The van der Waals surface area contributed by atoms with Gasteiger partial charge in [0, 0.05) is 11.6 Å². The number of nitrogens with one attached hydrogen (secondary N) is 1. The van der Waals surface area contributed by atoms with Crippen LogP contribution in [-0.4, -0.2) is 63.8 Å². The maximum atomic E-state index is 10.1. The van der Waals surface area contributed by atoms with Gasteiger partial charge in [0.1, 0.15) is 23.1 Å². The first kappa shape index (κ1) is 21.5. The second-order valence-electron chi connectivity index (χ2n) is 7.94. The largest absolute Gasteiger partial charge is 0.508 e. The Hall–Kier alpha value is -3.70. The third kappa shape index (κ3) is 4.20. The van der Waals surface area contributed by atoms with E-state index in [-0.39, 0.29) is 11.6 Å². The molecule has 0 unspecified atom stereocenters. The fraction of sp³-hybridized carbons (Fsp3) is 0.333. The predicted molar refractivity (Wildman–Crippen MR) is 119 cm³/mol. The number of phenols is 1. The number of likely N-dealkylation sites (N-methyl/N-ethyl adjacent to an activating group) is 1. The summed E-state index contributed by atoms with van der Waals surface area (Å²) in [6.07, 6.45) is 1.75. The van der Waals surface area contributed by atoms with E-state index < -0.39 is 5.92 Å². The monoisotopic (exact) mass is 435 g/mol. The van der Waals surface area contributed by atoms with Gasteiger partial charge >= 0.3 is 0 Å². The second kappa shape index (κ2) is 9.20. The summed E-state index contributed by atoms with van der Waals surface area (Å²) in [7, 11) is 5.33. The van der Waals surface area contributed by atoms with Crippen LogP contribution in [0.1, 0.15) is 17.0 Å². The van der Waals surface area contributed by atoms with E-state index >= 15 is 0 Å². The molecule has 8 heteroatoms. The fourth-order valence-electron chi connectivity index (χ4n) is 4.03. The predicted octanol–water partition coefficient (Wildman–Crippen LogP) is 1.53. The van der Waals surface area contributed by atoms with Gasteiger partial charge in [-0.2, -0.15) is 5.26 Å². The lowest BCUT2D eigenvalue weighted by atomic mass is 9.83. The lowest BCUT2D eigenvalue weighted by Crippen LogP contribution is -3.11. The Bertz CT molecular complexity index is 1100. The number of fused-ring (bicyclic) bond motifs is 1. The Morgan fingerprint density at radius 1 is 1.16 bits per heavy atom. The first-order chi connectivity index (χ1) is 15.5. The maximum absolute atomic E-state index is 10.1. The van der Waals surface area contributed by atoms with Crippen LogP contribution in [0, 0.1) is 11.3 Å². The highest BCUT2D eigenvalue weighted by molar-refractivity contribution is 5.62. The molecule has 0 aromatic heterocycles. The zero-order chi connectivity index (χ0) is 22.7. The summed E-state index contributed by atoms with van der Waals surface area (Å²) in [6.45, 7) is 3.84. The summed E-state index contributed by atoms with van der Waals surface area (Å²) in [4.78, 5) is 8.17. The lowest BCUT2D eigenvalue weighted by molar-refractivity contribution is -0.883. The molecule has 2 N–H and O–H groups in total. The second-order valence-corrected chi connectivity index (χ2v) is 7.94. The van der Waals surface area contributed by atoms with Crippen molar-refractivity contribution in [2.45, 2.75) is 5.92 Å². The molecule has 2 aliphatic rings. The first-order valence-corrected chi connectivity index (χ1v) is 10.5. The summed E-state index contributed by atoms with van der Waals surface area (Å²) in [5, 5.41) is 20.1. The molecule has 2 aromatic rings. The van der Waals surface area contributed by atoms with E-state index in [0.29, 0.717) is 22.8 Å². The third-order valence-corrected chi connectivity index (χ3v) is 5.89. The van der Waals surface area contributed by atoms with E-state index in [1.807, 2.05) is 18.2 Å². The van der Waals surface area contributed by atoms with Gasteiger partial charge in [-0.25, -0.2) is 4.99 Å². The van der Waals surface area contributed by atoms with Crippen molar-refractivity contribution in [3.8, 4) is 29.1 Å². The number of aliphatic imine (C=N–C) groups is 1. The molecular weight excluding hydrogens is 408 g/mol. The fourth-order valence-corrected chi connectivity index (χ4v) is 4.03. The van der Waals surface area contributed by atoms with Crippen molar-refractivity contribution >= 4 is 6.34 Å². The van der Waals surface area contributed by atoms with Gasteiger partial charge in [0.15, 0.2) is 11.5 Å². The number of quaternary nitrogens is 1. The number of phenolic OH excluding ortho intramolecular Hbond substituents is 1. The lowest BCUT2D eigenvalue weighted by Gasteiger charge is -2.29. The molecule has 2 heterocycles. The number of ether oxygens (including phenoxy) is 3. The molecule has 2 aromatic carbocycles. The standard InChI is InChI=1S/C24H26N4O4/c1-27-8-10-28(11-9-27)15-26-24-19(14-25)23(18-6-5-17(29)13-21(18)32-24)16-4-7-20(30-2)22(12-16)31-3/h4-7,12-13,15,23,29H,8-11H2,1-3H3/p+1/t23-/m0/s1. The van der Waals surface area contributed by atoms with Gasteiger partial charge in [0.2, 0.25) is 5.88 Å². The quantitative estimate of drug-likeness (QED) is 0.547. The molecule has 1 fully saturated rings. The molecule has 4 rings (SSSR count). The van der Waals surface area contributed by atoms with Crippen LogP contribution in [0.15, 0.2) is 52.8 Å².